The first-order valence-corrected chi connectivity index (χ1v) is 6.56. The number of fused-ring (bicyclic) bond motifs is 1. The summed E-state index contributed by atoms with van der Waals surface area (Å²) < 4.78 is 5.21. The standard InChI is InChI=1S/C13H15N3O4/c14-15-11(17)9-4-5-20-10(9)6-16-12(18)7-2-1-3-8(7)13(16)19/h4-5,7-8H,1-3,6,14H2,(H,15,17). The van der Waals surface area contributed by atoms with E-state index in [-0.39, 0.29) is 41.5 Å². The summed E-state index contributed by atoms with van der Waals surface area (Å²) in [6.45, 7) is -0.0135. The summed E-state index contributed by atoms with van der Waals surface area (Å²) in [4.78, 5) is 37.2. The molecule has 3 N–H and O–H groups in total. The van der Waals surface area contributed by atoms with Crippen LogP contribution >= 0.6 is 0 Å². The molecule has 1 aromatic rings. The quantitative estimate of drug-likeness (QED) is 0.354. The van der Waals surface area contributed by atoms with Crippen LogP contribution in [0.25, 0.3) is 0 Å². The molecule has 1 saturated carbocycles. The lowest BCUT2D eigenvalue weighted by Gasteiger charge is -2.14. The van der Waals surface area contributed by atoms with Crippen LogP contribution in [-0.4, -0.2) is 22.6 Å². The lowest BCUT2D eigenvalue weighted by atomic mass is 10.00. The Morgan fingerprint density at radius 2 is 2.00 bits per heavy atom. The Bertz CT molecular complexity index is 558. The van der Waals surface area contributed by atoms with Gasteiger partial charge < -0.3 is 4.42 Å². The number of rotatable bonds is 3. The summed E-state index contributed by atoms with van der Waals surface area (Å²) in [6, 6.07) is 1.46. The Balaban J connectivity index is 1.82. The minimum absolute atomic E-state index is 0.0135. The third-order valence-corrected chi connectivity index (χ3v) is 4.11. The van der Waals surface area contributed by atoms with E-state index in [1.807, 2.05) is 5.43 Å². The molecule has 0 spiro atoms. The van der Waals surface area contributed by atoms with E-state index in [0.29, 0.717) is 0 Å². The van der Waals surface area contributed by atoms with Gasteiger partial charge in [-0.25, -0.2) is 5.84 Å². The highest BCUT2D eigenvalue weighted by Crippen LogP contribution is 2.40. The second-order valence-corrected chi connectivity index (χ2v) is 5.14. The molecule has 7 nitrogen and oxygen atoms in total. The lowest BCUT2D eigenvalue weighted by Crippen LogP contribution is -2.33. The minimum atomic E-state index is -0.506. The molecule has 2 atom stereocenters. The molecule has 1 aromatic heterocycles. The summed E-state index contributed by atoms with van der Waals surface area (Å²) in [6.07, 6.45) is 3.79. The molecule has 1 aliphatic heterocycles. The van der Waals surface area contributed by atoms with E-state index in [1.165, 1.54) is 17.2 Å². The van der Waals surface area contributed by atoms with E-state index in [2.05, 4.69) is 0 Å². The fourth-order valence-electron chi connectivity index (χ4n) is 3.10. The highest BCUT2D eigenvalue weighted by Gasteiger charge is 2.49. The van der Waals surface area contributed by atoms with Crippen LogP contribution in [0.3, 0.4) is 0 Å². The maximum atomic E-state index is 12.2. The van der Waals surface area contributed by atoms with Crippen molar-refractivity contribution in [3.05, 3.63) is 23.7 Å². The van der Waals surface area contributed by atoms with Crippen molar-refractivity contribution < 1.29 is 18.8 Å². The van der Waals surface area contributed by atoms with Crippen LogP contribution in [-0.2, 0) is 16.1 Å². The third-order valence-electron chi connectivity index (χ3n) is 4.11. The van der Waals surface area contributed by atoms with Crippen molar-refractivity contribution in [1.82, 2.24) is 10.3 Å². The van der Waals surface area contributed by atoms with Crippen LogP contribution in [0.5, 0.6) is 0 Å². The number of hydrogen-bond acceptors (Lipinski definition) is 5. The molecule has 106 valence electrons. The zero-order valence-electron chi connectivity index (χ0n) is 10.8. The highest BCUT2D eigenvalue weighted by atomic mass is 16.3. The molecule has 0 radical (unpaired) electrons. The minimum Gasteiger partial charge on any atom is -0.467 e. The Morgan fingerprint density at radius 3 is 2.60 bits per heavy atom. The van der Waals surface area contributed by atoms with E-state index in [9.17, 15) is 14.4 Å². The lowest BCUT2D eigenvalue weighted by molar-refractivity contribution is -0.141. The largest absolute Gasteiger partial charge is 0.467 e. The average molecular weight is 277 g/mol. The SMILES string of the molecule is NNC(=O)c1ccoc1CN1C(=O)C2CCCC2C1=O. The molecule has 2 fully saturated rings. The number of imide groups is 1. The van der Waals surface area contributed by atoms with Gasteiger partial charge in [-0.3, -0.25) is 24.7 Å². The molecule has 2 aliphatic rings. The summed E-state index contributed by atoms with van der Waals surface area (Å²) >= 11 is 0. The number of carbonyl (C=O) groups excluding carboxylic acids is 3. The van der Waals surface area contributed by atoms with Gasteiger partial charge in [0.1, 0.15) is 5.76 Å². The van der Waals surface area contributed by atoms with Crippen molar-refractivity contribution in [2.75, 3.05) is 0 Å². The van der Waals surface area contributed by atoms with Crippen LogP contribution in [0.2, 0.25) is 0 Å². The molecule has 0 aromatic carbocycles. The Hall–Kier alpha value is -2.15. The summed E-state index contributed by atoms with van der Waals surface area (Å²) in [5.74, 6) is 4.15. The number of nitrogen functional groups attached to an aromatic ring is 1. The van der Waals surface area contributed by atoms with Gasteiger partial charge in [0.05, 0.1) is 30.2 Å². The number of nitrogens with two attached hydrogens (primary N) is 1. The molecule has 1 saturated heterocycles. The fourth-order valence-corrected chi connectivity index (χ4v) is 3.10. The monoisotopic (exact) mass is 277 g/mol. The predicted octanol–water partition coefficient (Wildman–Crippen LogP) is 0.168. The second kappa shape index (κ2) is 4.75. The number of nitrogens with one attached hydrogen (secondary N) is 1. The summed E-state index contributed by atoms with van der Waals surface area (Å²) in [7, 11) is 0. The molecule has 0 bridgehead atoms. The van der Waals surface area contributed by atoms with Gasteiger partial charge in [-0.1, -0.05) is 6.42 Å². The first-order valence-electron chi connectivity index (χ1n) is 6.56. The van der Waals surface area contributed by atoms with Gasteiger partial charge in [-0.15, -0.1) is 0 Å². The van der Waals surface area contributed by atoms with Crippen molar-refractivity contribution in [1.29, 1.82) is 0 Å². The predicted molar refractivity (Wildman–Crippen MR) is 66.7 cm³/mol. The molecular formula is C13H15N3O4. The maximum Gasteiger partial charge on any atom is 0.268 e. The molecule has 2 heterocycles. The number of carbonyl (C=O) groups is 3. The molecule has 1 aliphatic carbocycles. The van der Waals surface area contributed by atoms with E-state index < -0.39 is 5.91 Å². The van der Waals surface area contributed by atoms with Crippen LogP contribution in [0.4, 0.5) is 0 Å². The average Bonchev–Trinajstić information content (AvgIpc) is 3.14. The van der Waals surface area contributed by atoms with Gasteiger partial charge >= 0.3 is 0 Å². The molecule has 3 rings (SSSR count). The normalized spacial score (nSPS) is 25.1. The fraction of sp³-hybridized carbons (Fsp3) is 0.462. The third kappa shape index (κ3) is 1.82. The zero-order valence-corrected chi connectivity index (χ0v) is 10.8. The van der Waals surface area contributed by atoms with Gasteiger partial charge in [0.15, 0.2) is 0 Å². The van der Waals surface area contributed by atoms with Crippen molar-refractivity contribution >= 4 is 17.7 Å². The Labute approximate surface area is 115 Å². The van der Waals surface area contributed by atoms with E-state index in [4.69, 9.17) is 10.3 Å². The second-order valence-electron chi connectivity index (χ2n) is 5.14. The number of nitrogens with zero attached hydrogens (tertiary/aromatic N) is 1. The molecular weight excluding hydrogens is 262 g/mol. The zero-order chi connectivity index (χ0) is 14.3. The van der Waals surface area contributed by atoms with Crippen LogP contribution in [0.15, 0.2) is 16.7 Å². The van der Waals surface area contributed by atoms with Crippen molar-refractivity contribution in [2.24, 2.45) is 17.7 Å². The van der Waals surface area contributed by atoms with Gasteiger partial charge in [0.25, 0.3) is 5.91 Å². The van der Waals surface area contributed by atoms with Gasteiger partial charge in [0.2, 0.25) is 11.8 Å². The first-order chi connectivity index (χ1) is 9.63. The topological polar surface area (TPSA) is 106 Å². The molecule has 2 unspecified atom stereocenters. The number of amides is 3. The van der Waals surface area contributed by atoms with E-state index >= 15 is 0 Å². The molecule has 20 heavy (non-hydrogen) atoms. The maximum absolute atomic E-state index is 12.2. The highest BCUT2D eigenvalue weighted by molar-refractivity contribution is 6.05. The van der Waals surface area contributed by atoms with E-state index in [0.717, 1.165) is 19.3 Å². The van der Waals surface area contributed by atoms with Crippen molar-refractivity contribution in [2.45, 2.75) is 25.8 Å². The molecule has 3 amide bonds. The molecule has 7 heteroatoms. The smallest absolute Gasteiger partial charge is 0.268 e. The Kier molecular flexibility index (Phi) is 3.06. The number of hydrogen-bond donors (Lipinski definition) is 2. The van der Waals surface area contributed by atoms with Crippen LogP contribution in [0, 0.1) is 11.8 Å². The van der Waals surface area contributed by atoms with Crippen molar-refractivity contribution in [3.63, 3.8) is 0 Å². The number of furan rings is 1. The van der Waals surface area contributed by atoms with Crippen molar-refractivity contribution in [3.8, 4) is 0 Å². The van der Waals surface area contributed by atoms with Gasteiger partial charge in [-0.05, 0) is 18.9 Å². The van der Waals surface area contributed by atoms with Crippen LogP contribution < -0.4 is 11.3 Å². The van der Waals surface area contributed by atoms with Gasteiger partial charge in [-0.2, -0.15) is 0 Å². The van der Waals surface area contributed by atoms with Gasteiger partial charge in [0, 0.05) is 0 Å². The summed E-state index contributed by atoms with van der Waals surface area (Å²) in [5, 5.41) is 0. The Morgan fingerprint density at radius 1 is 1.35 bits per heavy atom. The first kappa shape index (κ1) is 12.9. The number of hydrazine groups is 1. The van der Waals surface area contributed by atoms with E-state index in [1.54, 1.807) is 0 Å². The summed E-state index contributed by atoms with van der Waals surface area (Å²) in [5.41, 5.74) is 2.25. The van der Waals surface area contributed by atoms with Crippen LogP contribution in [0.1, 0.15) is 35.4 Å². The number of likely N-dealkylation sites (tertiary alicyclic amines) is 1.